The molecule has 0 unspecified atom stereocenters. The van der Waals surface area contributed by atoms with E-state index in [2.05, 4.69) is 16.4 Å². The monoisotopic (exact) mass is 258 g/mol. The maximum absolute atomic E-state index is 6.16. The van der Waals surface area contributed by atoms with Crippen LogP contribution in [0.25, 0.3) is 11.3 Å². The van der Waals surface area contributed by atoms with E-state index < -0.39 is 0 Å². The number of pyridine rings is 1. The van der Waals surface area contributed by atoms with Gasteiger partial charge in [0, 0.05) is 11.8 Å². The van der Waals surface area contributed by atoms with E-state index in [0.717, 1.165) is 10.7 Å². The van der Waals surface area contributed by atoms with Crippen molar-refractivity contribution in [2.45, 2.75) is 38.0 Å². The number of nitrogens with two attached hydrogens (primary N) is 1. The molecule has 2 heterocycles. The molecule has 2 nitrogen and oxygen atoms in total. The normalized spacial score (nSPS) is 16.9. The first-order valence-electron chi connectivity index (χ1n) is 6.64. The Bertz CT molecular complexity index is 513. The Hall–Kier alpha value is -1.35. The van der Waals surface area contributed by atoms with E-state index in [1.165, 1.54) is 43.2 Å². The van der Waals surface area contributed by atoms with Gasteiger partial charge in [0.15, 0.2) is 0 Å². The molecule has 0 atom stereocenters. The van der Waals surface area contributed by atoms with Gasteiger partial charge in [0.1, 0.15) is 0 Å². The molecule has 0 amide bonds. The average Bonchev–Trinajstić information content (AvgIpc) is 2.83. The van der Waals surface area contributed by atoms with Crippen molar-refractivity contribution in [3.8, 4) is 11.3 Å². The highest BCUT2D eigenvalue weighted by atomic mass is 32.1. The highest BCUT2D eigenvalue weighted by molar-refractivity contribution is 7.14. The van der Waals surface area contributed by atoms with E-state index in [-0.39, 0.29) is 0 Å². The van der Waals surface area contributed by atoms with E-state index >= 15 is 0 Å². The third-order valence-corrected chi connectivity index (χ3v) is 4.64. The van der Waals surface area contributed by atoms with Crippen molar-refractivity contribution in [1.29, 1.82) is 0 Å². The number of thiophene rings is 1. The van der Waals surface area contributed by atoms with Crippen molar-refractivity contribution in [3.63, 3.8) is 0 Å². The molecular formula is C15H18N2S. The molecule has 1 fully saturated rings. The predicted octanol–water partition coefficient (Wildman–Crippen LogP) is 4.44. The van der Waals surface area contributed by atoms with Gasteiger partial charge in [0.25, 0.3) is 0 Å². The Morgan fingerprint density at radius 3 is 2.72 bits per heavy atom. The molecule has 2 aromatic rings. The van der Waals surface area contributed by atoms with Crippen LogP contribution in [0, 0.1) is 0 Å². The molecule has 0 spiro atoms. The van der Waals surface area contributed by atoms with Crippen molar-refractivity contribution >= 4 is 16.3 Å². The minimum absolute atomic E-state index is 0.685. The zero-order chi connectivity index (χ0) is 12.4. The number of hydrogen-bond donors (Lipinski definition) is 1. The van der Waals surface area contributed by atoms with Crippen molar-refractivity contribution in [2.75, 3.05) is 5.73 Å². The lowest BCUT2D eigenvalue weighted by atomic mass is 9.83. The second-order valence-corrected chi connectivity index (χ2v) is 5.89. The van der Waals surface area contributed by atoms with Crippen LogP contribution in [0.15, 0.2) is 29.8 Å². The molecule has 94 valence electrons. The fraction of sp³-hybridized carbons (Fsp3) is 0.400. The molecule has 0 saturated heterocycles. The van der Waals surface area contributed by atoms with Crippen LogP contribution >= 0.6 is 11.3 Å². The van der Waals surface area contributed by atoms with E-state index in [0.29, 0.717) is 5.92 Å². The number of nitrogen functional groups attached to an aromatic ring is 1. The zero-order valence-corrected chi connectivity index (χ0v) is 11.2. The maximum Gasteiger partial charge on any atom is 0.0954 e. The summed E-state index contributed by atoms with van der Waals surface area (Å²) in [5, 5.41) is 3.16. The molecule has 3 rings (SSSR count). The highest BCUT2D eigenvalue weighted by Gasteiger charge is 2.22. The Morgan fingerprint density at radius 1 is 1.17 bits per heavy atom. The van der Waals surface area contributed by atoms with Crippen molar-refractivity contribution < 1.29 is 0 Å². The van der Waals surface area contributed by atoms with Crippen LogP contribution in [-0.4, -0.2) is 4.98 Å². The standard InChI is InChI=1S/C15H18N2S/c16-15-14(13-8-4-5-9-17-13)12(10-18-15)11-6-2-1-3-7-11/h4-5,8-11H,1-3,6-7,16H2. The van der Waals surface area contributed by atoms with Gasteiger partial charge < -0.3 is 5.73 Å². The quantitative estimate of drug-likeness (QED) is 0.865. The summed E-state index contributed by atoms with van der Waals surface area (Å²) in [7, 11) is 0. The number of hydrogen-bond acceptors (Lipinski definition) is 3. The van der Waals surface area contributed by atoms with Crippen molar-refractivity contribution in [3.05, 3.63) is 35.3 Å². The van der Waals surface area contributed by atoms with Gasteiger partial charge >= 0.3 is 0 Å². The van der Waals surface area contributed by atoms with E-state index in [4.69, 9.17) is 5.73 Å². The Kier molecular flexibility index (Phi) is 3.33. The van der Waals surface area contributed by atoms with Gasteiger partial charge in [-0.25, -0.2) is 0 Å². The molecule has 18 heavy (non-hydrogen) atoms. The summed E-state index contributed by atoms with van der Waals surface area (Å²) in [6, 6.07) is 6.04. The predicted molar refractivity (Wildman–Crippen MR) is 77.8 cm³/mol. The second kappa shape index (κ2) is 5.11. The molecule has 1 aliphatic rings. The molecule has 0 bridgehead atoms. The van der Waals surface area contributed by atoms with Gasteiger partial charge in [0.05, 0.1) is 10.7 Å². The number of nitrogens with zero attached hydrogens (tertiary/aromatic N) is 1. The second-order valence-electron chi connectivity index (χ2n) is 4.98. The topological polar surface area (TPSA) is 38.9 Å². The van der Waals surface area contributed by atoms with E-state index in [1.807, 2.05) is 18.3 Å². The minimum atomic E-state index is 0.685. The van der Waals surface area contributed by atoms with Crippen LogP contribution in [0.4, 0.5) is 5.00 Å². The maximum atomic E-state index is 6.16. The highest BCUT2D eigenvalue weighted by Crippen LogP contribution is 2.43. The molecule has 2 N–H and O–H groups in total. The molecule has 0 aromatic carbocycles. The third-order valence-electron chi connectivity index (χ3n) is 3.81. The van der Waals surface area contributed by atoms with Crippen molar-refractivity contribution in [1.82, 2.24) is 4.98 Å². The number of aromatic nitrogens is 1. The molecule has 0 aliphatic heterocycles. The summed E-state index contributed by atoms with van der Waals surface area (Å²) in [5.74, 6) is 0.685. The van der Waals surface area contributed by atoms with E-state index in [1.54, 1.807) is 11.3 Å². The Balaban J connectivity index is 2.01. The summed E-state index contributed by atoms with van der Waals surface area (Å²) < 4.78 is 0. The smallest absolute Gasteiger partial charge is 0.0954 e. The van der Waals surface area contributed by atoms with E-state index in [9.17, 15) is 0 Å². The van der Waals surface area contributed by atoms with Crippen LogP contribution in [0.5, 0.6) is 0 Å². The molecule has 2 aromatic heterocycles. The summed E-state index contributed by atoms with van der Waals surface area (Å²) in [6.45, 7) is 0. The summed E-state index contributed by atoms with van der Waals surface area (Å²) >= 11 is 1.66. The molecule has 1 saturated carbocycles. The van der Waals surface area contributed by atoms with Crippen LogP contribution in [-0.2, 0) is 0 Å². The van der Waals surface area contributed by atoms with Gasteiger partial charge in [-0.2, -0.15) is 0 Å². The lowest BCUT2D eigenvalue weighted by molar-refractivity contribution is 0.445. The number of anilines is 1. The SMILES string of the molecule is Nc1scc(C2CCCCC2)c1-c1ccccn1. The molecule has 0 radical (unpaired) electrons. The van der Waals surface area contributed by atoms with Gasteiger partial charge in [-0.05, 0) is 41.8 Å². The Morgan fingerprint density at radius 2 is 2.00 bits per heavy atom. The first-order valence-corrected chi connectivity index (χ1v) is 7.52. The fourth-order valence-corrected chi connectivity index (χ4v) is 3.79. The van der Waals surface area contributed by atoms with Crippen LogP contribution in [0.3, 0.4) is 0 Å². The lowest BCUT2D eigenvalue weighted by Gasteiger charge is -2.22. The summed E-state index contributed by atoms with van der Waals surface area (Å²) in [6.07, 6.45) is 8.53. The molecule has 1 aliphatic carbocycles. The van der Waals surface area contributed by atoms with Gasteiger partial charge in [0.2, 0.25) is 0 Å². The molecule has 3 heteroatoms. The van der Waals surface area contributed by atoms with Gasteiger partial charge in [-0.15, -0.1) is 11.3 Å². The first-order chi connectivity index (χ1) is 8.86. The average molecular weight is 258 g/mol. The molecular weight excluding hydrogens is 240 g/mol. The largest absolute Gasteiger partial charge is 0.390 e. The first kappa shape index (κ1) is 11.7. The minimum Gasteiger partial charge on any atom is -0.390 e. The third kappa shape index (κ3) is 2.15. The lowest BCUT2D eigenvalue weighted by Crippen LogP contribution is -2.05. The van der Waals surface area contributed by atoms with Crippen LogP contribution in [0.2, 0.25) is 0 Å². The summed E-state index contributed by atoms with van der Waals surface area (Å²) in [4.78, 5) is 4.46. The fourth-order valence-electron chi connectivity index (χ4n) is 2.89. The Labute approximate surface area is 112 Å². The van der Waals surface area contributed by atoms with Gasteiger partial charge in [-0.1, -0.05) is 25.3 Å². The van der Waals surface area contributed by atoms with Gasteiger partial charge in [-0.3, -0.25) is 4.98 Å². The summed E-state index contributed by atoms with van der Waals surface area (Å²) in [5.41, 5.74) is 9.80. The van der Waals surface area contributed by atoms with Crippen molar-refractivity contribution in [2.24, 2.45) is 0 Å². The van der Waals surface area contributed by atoms with Crippen LogP contribution < -0.4 is 5.73 Å². The van der Waals surface area contributed by atoms with Crippen LogP contribution in [0.1, 0.15) is 43.6 Å². The number of rotatable bonds is 2. The zero-order valence-electron chi connectivity index (χ0n) is 10.4.